The van der Waals surface area contributed by atoms with Gasteiger partial charge in [-0.1, -0.05) is 67.6 Å². The number of amides is 2. The van der Waals surface area contributed by atoms with E-state index in [1.54, 1.807) is 30.3 Å². The van der Waals surface area contributed by atoms with E-state index in [0.29, 0.717) is 11.3 Å². The van der Waals surface area contributed by atoms with Gasteiger partial charge in [0, 0.05) is 37.5 Å². The number of nitrogens with one attached hydrogen (secondary N) is 1. The Kier molecular flexibility index (Phi) is 11.5. The largest absolute Gasteiger partial charge is 0.352 e. The molecule has 0 fully saturated rings. The predicted molar refractivity (Wildman–Crippen MR) is 161 cm³/mol. The van der Waals surface area contributed by atoms with Gasteiger partial charge < -0.3 is 10.2 Å². The molecular weight excluding hydrogens is 541 g/mol. The summed E-state index contributed by atoms with van der Waals surface area (Å²) in [7, 11) is -3.60. The van der Waals surface area contributed by atoms with Crippen molar-refractivity contribution in [2.24, 2.45) is 0 Å². The second-order valence-electron chi connectivity index (χ2n) is 10.4. The van der Waals surface area contributed by atoms with E-state index in [-0.39, 0.29) is 50.2 Å². The average Bonchev–Trinajstić information content (AvgIpc) is 2.93. The third-order valence-corrected chi connectivity index (χ3v) is 7.98. The van der Waals surface area contributed by atoms with Gasteiger partial charge in [-0.05, 0) is 56.0 Å². The molecule has 3 aromatic carbocycles. The Hall–Kier alpha value is -3.72. The molecule has 2 amide bonds. The molecule has 41 heavy (non-hydrogen) atoms. The zero-order valence-electron chi connectivity index (χ0n) is 24.2. The van der Waals surface area contributed by atoms with Gasteiger partial charge >= 0.3 is 0 Å². The quantitative estimate of drug-likeness (QED) is 0.287. The monoisotopic (exact) mass is 581 g/mol. The molecule has 0 aromatic heterocycles. The zero-order chi connectivity index (χ0) is 30.0. The molecule has 0 aliphatic heterocycles. The fourth-order valence-electron chi connectivity index (χ4n) is 4.65. The summed E-state index contributed by atoms with van der Waals surface area (Å²) in [6, 6.07) is 21.8. The lowest BCUT2D eigenvalue weighted by atomic mass is 10.0. The molecule has 220 valence electrons. The van der Waals surface area contributed by atoms with Gasteiger partial charge in [0.2, 0.25) is 21.8 Å². The van der Waals surface area contributed by atoms with Crippen molar-refractivity contribution in [2.45, 2.75) is 65.1 Å². The number of aryl methyl sites for hydroxylation is 1. The van der Waals surface area contributed by atoms with Gasteiger partial charge in [0.1, 0.15) is 11.9 Å². The smallest absolute Gasteiger partial charge is 0.243 e. The Labute approximate surface area is 243 Å². The van der Waals surface area contributed by atoms with Crippen LogP contribution in [0.25, 0.3) is 0 Å². The second-order valence-corrected chi connectivity index (χ2v) is 12.3. The number of sulfonamides is 1. The number of carbonyl (C=O) groups is 2. The third kappa shape index (κ3) is 9.42. The summed E-state index contributed by atoms with van der Waals surface area (Å²) in [5, 5.41) is 2.91. The van der Waals surface area contributed by atoms with Crippen molar-refractivity contribution < 1.29 is 22.4 Å². The number of carbonyl (C=O) groups excluding carboxylic acids is 2. The summed E-state index contributed by atoms with van der Waals surface area (Å²) >= 11 is 0. The highest BCUT2D eigenvalue weighted by Gasteiger charge is 2.31. The second kappa shape index (κ2) is 14.8. The van der Waals surface area contributed by atoms with Gasteiger partial charge in [-0.25, -0.2) is 12.8 Å². The molecule has 1 unspecified atom stereocenters. The molecule has 0 aliphatic rings. The first-order chi connectivity index (χ1) is 19.5. The molecule has 0 spiro atoms. The van der Waals surface area contributed by atoms with Crippen LogP contribution in [0.15, 0.2) is 78.9 Å². The number of nitrogens with zero attached hydrogens (tertiary/aromatic N) is 2. The van der Waals surface area contributed by atoms with E-state index >= 15 is 0 Å². The van der Waals surface area contributed by atoms with E-state index in [1.807, 2.05) is 63.2 Å². The van der Waals surface area contributed by atoms with Crippen molar-refractivity contribution in [1.82, 2.24) is 10.2 Å². The summed E-state index contributed by atoms with van der Waals surface area (Å²) in [4.78, 5) is 28.7. The molecule has 0 aliphatic carbocycles. The van der Waals surface area contributed by atoms with Crippen molar-refractivity contribution in [3.05, 3.63) is 101 Å². The van der Waals surface area contributed by atoms with Crippen molar-refractivity contribution in [2.75, 3.05) is 17.1 Å². The van der Waals surface area contributed by atoms with E-state index in [9.17, 15) is 22.4 Å². The lowest BCUT2D eigenvalue weighted by Gasteiger charge is -2.32. The van der Waals surface area contributed by atoms with Crippen molar-refractivity contribution in [1.29, 1.82) is 0 Å². The number of benzene rings is 3. The molecule has 9 heteroatoms. The first-order valence-corrected chi connectivity index (χ1v) is 15.8. The number of hydrogen-bond acceptors (Lipinski definition) is 4. The van der Waals surface area contributed by atoms with Gasteiger partial charge in [0.15, 0.2) is 0 Å². The van der Waals surface area contributed by atoms with Gasteiger partial charge in [-0.3, -0.25) is 13.9 Å². The molecule has 0 radical (unpaired) electrons. The summed E-state index contributed by atoms with van der Waals surface area (Å²) in [5.74, 6) is -1.16. The fraction of sp³-hybridized carbons (Fsp3) is 0.375. The molecule has 0 bridgehead atoms. The number of halogens is 1. The molecular formula is C32H40FN3O4S. The van der Waals surface area contributed by atoms with Crippen LogP contribution in [-0.4, -0.2) is 50.0 Å². The number of hydrogen-bond donors (Lipinski definition) is 1. The summed E-state index contributed by atoms with van der Waals surface area (Å²) in [6.45, 7) is 5.70. The predicted octanol–water partition coefficient (Wildman–Crippen LogP) is 5.10. The lowest BCUT2D eigenvalue weighted by Crippen LogP contribution is -2.52. The van der Waals surface area contributed by atoms with Crippen LogP contribution in [0.2, 0.25) is 0 Å². The molecule has 0 saturated carbocycles. The first kappa shape index (κ1) is 31.8. The number of anilines is 1. The van der Waals surface area contributed by atoms with Crippen LogP contribution in [0.4, 0.5) is 10.1 Å². The Bertz CT molecular complexity index is 1400. The standard InChI is InChI=1S/C32H40FN3O4S/c1-5-25-17-19-28(20-18-25)36(41(4,39)40)21-11-16-31(37)35(23-27-14-9-10-15-29(27)33)30(32(38)34-24(2)3)22-26-12-7-6-8-13-26/h6-10,12-15,17-20,24,30H,5,11,16,21-23H2,1-4H3,(H,34,38). The van der Waals surface area contributed by atoms with Gasteiger partial charge in [-0.2, -0.15) is 0 Å². The van der Waals surface area contributed by atoms with Crippen LogP contribution >= 0.6 is 0 Å². The van der Waals surface area contributed by atoms with Crippen LogP contribution in [-0.2, 0) is 39.0 Å². The maximum absolute atomic E-state index is 14.7. The summed E-state index contributed by atoms with van der Waals surface area (Å²) < 4.78 is 41.2. The van der Waals surface area contributed by atoms with Crippen molar-refractivity contribution in [3.8, 4) is 0 Å². The minimum atomic E-state index is -3.60. The Morgan fingerprint density at radius 1 is 0.902 bits per heavy atom. The Morgan fingerprint density at radius 2 is 1.54 bits per heavy atom. The van der Waals surface area contributed by atoms with Crippen LogP contribution in [0.5, 0.6) is 0 Å². The molecule has 3 rings (SSSR count). The van der Waals surface area contributed by atoms with Crippen LogP contribution in [0.3, 0.4) is 0 Å². The third-order valence-electron chi connectivity index (χ3n) is 6.79. The molecule has 0 saturated heterocycles. The molecule has 3 aromatic rings. The van der Waals surface area contributed by atoms with E-state index in [2.05, 4.69) is 5.32 Å². The number of rotatable bonds is 14. The highest BCUT2D eigenvalue weighted by Crippen LogP contribution is 2.21. The first-order valence-electron chi connectivity index (χ1n) is 13.9. The summed E-state index contributed by atoms with van der Waals surface area (Å²) in [6.07, 6.45) is 2.42. The highest BCUT2D eigenvalue weighted by molar-refractivity contribution is 7.92. The van der Waals surface area contributed by atoms with Gasteiger partial charge in [0.25, 0.3) is 0 Å². The minimum absolute atomic E-state index is 0.0201. The molecule has 0 heterocycles. The Morgan fingerprint density at radius 3 is 2.12 bits per heavy atom. The van der Waals surface area contributed by atoms with E-state index in [0.717, 1.165) is 23.8 Å². The topological polar surface area (TPSA) is 86.8 Å². The minimum Gasteiger partial charge on any atom is -0.352 e. The van der Waals surface area contributed by atoms with E-state index in [4.69, 9.17) is 0 Å². The maximum atomic E-state index is 14.7. The average molecular weight is 582 g/mol. The normalized spacial score (nSPS) is 12.1. The Balaban J connectivity index is 1.88. The molecule has 1 atom stereocenters. The van der Waals surface area contributed by atoms with Crippen molar-refractivity contribution in [3.63, 3.8) is 0 Å². The molecule has 1 N–H and O–H groups in total. The van der Waals surface area contributed by atoms with Crippen LogP contribution in [0, 0.1) is 5.82 Å². The zero-order valence-corrected chi connectivity index (χ0v) is 25.0. The van der Waals surface area contributed by atoms with E-state index < -0.39 is 21.9 Å². The highest BCUT2D eigenvalue weighted by atomic mass is 32.2. The van der Waals surface area contributed by atoms with Gasteiger partial charge in [-0.15, -0.1) is 0 Å². The van der Waals surface area contributed by atoms with Crippen LogP contribution in [0.1, 0.15) is 50.3 Å². The maximum Gasteiger partial charge on any atom is 0.243 e. The van der Waals surface area contributed by atoms with Crippen molar-refractivity contribution >= 4 is 27.5 Å². The SMILES string of the molecule is CCc1ccc(N(CCCC(=O)N(Cc2ccccc2F)C(Cc2ccccc2)C(=O)NC(C)C)S(C)(=O)=O)cc1. The van der Waals surface area contributed by atoms with Crippen LogP contribution < -0.4 is 9.62 Å². The fourth-order valence-corrected chi connectivity index (χ4v) is 5.61. The lowest BCUT2D eigenvalue weighted by molar-refractivity contribution is -0.141. The van der Waals surface area contributed by atoms with Gasteiger partial charge in [0.05, 0.1) is 11.9 Å². The molecule has 7 nitrogen and oxygen atoms in total. The summed E-state index contributed by atoms with van der Waals surface area (Å²) in [5.41, 5.74) is 2.77. The van der Waals surface area contributed by atoms with E-state index in [1.165, 1.54) is 15.3 Å².